The Morgan fingerprint density at radius 2 is 2.20 bits per heavy atom. The van der Waals surface area contributed by atoms with Gasteiger partial charge in [0, 0.05) is 6.26 Å². The lowest BCUT2D eigenvalue weighted by Crippen LogP contribution is -1.98. The van der Waals surface area contributed by atoms with Gasteiger partial charge in [0.05, 0.1) is 0 Å². The minimum absolute atomic E-state index is 0.440. The minimum Gasteiger partial charge on any atom is -0.361 e. The number of hydrogen-bond donors (Lipinski definition) is 1. The van der Waals surface area contributed by atoms with Crippen molar-refractivity contribution in [2.45, 2.75) is 0 Å². The van der Waals surface area contributed by atoms with Crippen LogP contribution >= 0.6 is 11.8 Å². The van der Waals surface area contributed by atoms with E-state index in [1.165, 1.54) is 0 Å². The lowest BCUT2D eigenvalue weighted by molar-refractivity contribution is 0.267. The molecule has 0 rings (SSSR count). The molecule has 0 unspecified atom stereocenters. The van der Waals surface area contributed by atoms with Gasteiger partial charge in [0.1, 0.15) is 0 Å². The van der Waals surface area contributed by atoms with Gasteiger partial charge in [-0.15, -0.1) is 0 Å². The van der Waals surface area contributed by atoms with E-state index in [2.05, 4.69) is 12.0 Å². The normalized spacial score (nSPS) is 7.40. The first kappa shape index (κ1) is 4.82. The fraction of sp³-hybridized carbons (Fsp3) is 0. The van der Waals surface area contributed by atoms with Crippen LogP contribution in [0.15, 0.2) is 0 Å². The van der Waals surface area contributed by atoms with E-state index in [4.69, 9.17) is 0 Å². The van der Waals surface area contributed by atoms with Gasteiger partial charge in [0.15, 0.2) is 0 Å². The van der Waals surface area contributed by atoms with Crippen molar-refractivity contribution in [3.05, 3.63) is 6.26 Å². The minimum atomic E-state index is -0.440. The highest BCUT2D eigenvalue weighted by Gasteiger charge is 1.78. The summed E-state index contributed by atoms with van der Waals surface area (Å²) < 4.78 is 0. The van der Waals surface area contributed by atoms with Crippen molar-refractivity contribution in [3.8, 4) is 0 Å². The van der Waals surface area contributed by atoms with Crippen LogP contribution in [0.2, 0.25) is 0 Å². The Morgan fingerprint density at radius 1 is 2.00 bits per heavy atom. The first-order chi connectivity index (χ1) is 2.27. The van der Waals surface area contributed by atoms with Gasteiger partial charge in [-0.3, -0.25) is 4.79 Å². The number of primary amides is 1. The van der Waals surface area contributed by atoms with E-state index < -0.39 is 5.24 Å². The molecule has 0 saturated carbocycles. The summed E-state index contributed by atoms with van der Waals surface area (Å²) in [6, 6.07) is 0. The number of hydrogen-bond acceptors (Lipinski definition) is 2. The molecule has 0 aliphatic rings. The van der Waals surface area contributed by atoms with E-state index in [0.29, 0.717) is 0 Å². The zero-order valence-electron chi connectivity index (χ0n) is 2.60. The maximum atomic E-state index is 9.49. The van der Waals surface area contributed by atoms with Crippen molar-refractivity contribution in [2.24, 2.45) is 5.73 Å². The number of rotatable bonds is 0. The fourth-order valence-electron chi connectivity index (χ4n) is 0. The molecule has 29 valence electrons. The van der Waals surface area contributed by atoms with Gasteiger partial charge in [-0.2, -0.15) is 0 Å². The Kier molecular flexibility index (Phi) is 2.01. The highest BCUT2D eigenvalue weighted by molar-refractivity contribution is 8.14. The van der Waals surface area contributed by atoms with Gasteiger partial charge in [0.2, 0.25) is 0 Å². The van der Waals surface area contributed by atoms with E-state index in [0.717, 1.165) is 11.8 Å². The third-order valence-corrected chi connectivity index (χ3v) is 0.427. The quantitative estimate of drug-likeness (QED) is 0.473. The van der Waals surface area contributed by atoms with E-state index in [1.807, 2.05) is 0 Å². The molecule has 2 N–H and O–H groups in total. The molecule has 1 radical (unpaired) electrons. The van der Waals surface area contributed by atoms with Crippen molar-refractivity contribution in [2.75, 3.05) is 0 Å². The average molecular weight is 90.1 g/mol. The molecular weight excluding hydrogens is 86.1 g/mol. The molecule has 0 aromatic carbocycles. The van der Waals surface area contributed by atoms with E-state index in [9.17, 15) is 4.79 Å². The Hall–Kier alpha value is -0.180. The maximum Gasteiger partial charge on any atom is 0.276 e. The number of carbonyl (C=O) groups excluding carboxylic acids is 1. The molecule has 1 amide bonds. The predicted octanol–water partition coefficient (Wildman–Crippen LogP) is 0.590. The summed E-state index contributed by atoms with van der Waals surface area (Å²) in [5.41, 5.74) is 4.55. The van der Waals surface area contributed by atoms with Crippen molar-refractivity contribution in [3.63, 3.8) is 0 Å². The van der Waals surface area contributed by atoms with Crippen molar-refractivity contribution < 1.29 is 4.79 Å². The van der Waals surface area contributed by atoms with Crippen LogP contribution in [-0.4, -0.2) is 5.24 Å². The number of amides is 1. The number of thioether (sulfide) groups is 1. The Balaban J connectivity index is 2.85. The highest BCUT2D eigenvalue weighted by atomic mass is 32.2. The second-order valence-electron chi connectivity index (χ2n) is 0.463. The second kappa shape index (κ2) is 2.08. The third-order valence-electron chi connectivity index (χ3n) is 0.142. The smallest absolute Gasteiger partial charge is 0.276 e. The Morgan fingerprint density at radius 3 is 2.20 bits per heavy atom. The molecule has 2 nitrogen and oxygen atoms in total. The summed E-state index contributed by atoms with van der Waals surface area (Å²) in [6.45, 7) is 0. The molecule has 0 aromatic rings. The molecule has 0 saturated heterocycles. The molecule has 0 fully saturated rings. The van der Waals surface area contributed by atoms with Crippen LogP contribution < -0.4 is 5.73 Å². The van der Waals surface area contributed by atoms with Gasteiger partial charge in [-0.05, 0) is 0 Å². The first-order valence-electron chi connectivity index (χ1n) is 0.986. The molecule has 5 heavy (non-hydrogen) atoms. The van der Waals surface area contributed by atoms with Crippen LogP contribution in [0.25, 0.3) is 0 Å². The average Bonchev–Trinajstić information content (AvgIpc) is 1.38. The lowest BCUT2D eigenvalue weighted by atomic mass is 11.5. The van der Waals surface area contributed by atoms with Crippen LogP contribution in [0.4, 0.5) is 4.79 Å². The van der Waals surface area contributed by atoms with Crippen molar-refractivity contribution >= 4 is 17.0 Å². The molecular formula is C2H4NOS. The molecule has 0 spiro atoms. The van der Waals surface area contributed by atoms with Crippen molar-refractivity contribution in [1.82, 2.24) is 0 Å². The Bertz CT molecular complexity index is 44.9. The molecule has 0 aliphatic heterocycles. The number of carbonyl (C=O) groups is 1. The fourth-order valence-corrected chi connectivity index (χ4v) is 0. The summed E-state index contributed by atoms with van der Waals surface area (Å²) >= 11 is 0.769. The van der Waals surface area contributed by atoms with Crippen LogP contribution in [-0.2, 0) is 0 Å². The number of nitrogens with two attached hydrogens (primary N) is 1. The van der Waals surface area contributed by atoms with Crippen LogP contribution in [0.5, 0.6) is 0 Å². The largest absolute Gasteiger partial charge is 0.361 e. The van der Waals surface area contributed by atoms with E-state index >= 15 is 0 Å². The van der Waals surface area contributed by atoms with Gasteiger partial charge in [-0.25, -0.2) is 0 Å². The molecule has 0 bridgehead atoms. The summed E-state index contributed by atoms with van der Waals surface area (Å²) in [7, 11) is 0. The molecule has 3 heteroatoms. The first-order valence-corrected chi connectivity index (χ1v) is 1.97. The lowest BCUT2D eigenvalue weighted by Gasteiger charge is -1.72. The van der Waals surface area contributed by atoms with Crippen LogP contribution in [0.3, 0.4) is 0 Å². The third kappa shape index (κ3) is 3.82. The predicted molar refractivity (Wildman–Crippen MR) is 22.5 cm³/mol. The molecule has 0 heterocycles. The topological polar surface area (TPSA) is 43.1 Å². The van der Waals surface area contributed by atoms with Gasteiger partial charge in [0.25, 0.3) is 5.24 Å². The van der Waals surface area contributed by atoms with Gasteiger partial charge >= 0.3 is 0 Å². The van der Waals surface area contributed by atoms with Crippen LogP contribution in [0.1, 0.15) is 0 Å². The zero-order chi connectivity index (χ0) is 4.28. The van der Waals surface area contributed by atoms with E-state index in [1.54, 1.807) is 0 Å². The van der Waals surface area contributed by atoms with Crippen LogP contribution in [0, 0.1) is 6.26 Å². The highest BCUT2D eigenvalue weighted by Crippen LogP contribution is 1.89. The monoisotopic (exact) mass is 90.0 g/mol. The molecule has 0 aromatic heterocycles. The molecule has 0 aliphatic carbocycles. The standard InChI is InChI=1S/C2H4NOS/c1-5-2(3)4/h1H2,(H2,3,4). The van der Waals surface area contributed by atoms with Gasteiger partial charge in [-0.1, -0.05) is 11.8 Å². The van der Waals surface area contributed by atoms with E-state index in [-0.39, 0.29) is 0 Å². The summed E-state index contributed by atoms with van der Waals surface area (Å²) in [6.07, 6.45) is 3.13. The molecule has 0 atom stereocenters. The maximum absolute atomic E-state index is 9.49. The van der Waals surface area contributed by atoms with Gasteiger partial charge < -0.3 is 5.73 Å². The Labute approximate surface area is 34.7 Å². The van der Waals surface area contributed by atoms with Crippen molar-refractivity contribution in [1.29, 1.82) is 0 Å². The summed E-state index contributed by atoms with van der Waals surface area (Å²) in [5.74, 6) is 0. The SMILES string of the molecule is [CH2]SC(N)=O. The zero-order valence-corrected chi connectivity index (χ0v) is 3.42. The summed E-state index contributed by atoms with van der Waals surface area (Å²) in [4.78, 5) is 9.49. The summed E-state index contributed by atoms with van der Waals surface area (Å²) in [5, 5.41) is -0.440. The second-order valence-corrected chi connectivity index (χ2v) is 1.15.